The van der Waals surface area contributed by atoms with Gasteiger partial charge in [-0.1, -0.05) is 109 Å². The maximum atomic E-state index is 6.34. The first-order valence-corrected chi connectivity index (χ1v) is 21.2. The average molecular weight is 705 g/mol. The highest BCUT2D eigenvalue weighted by Crippen LogP contribution is 2.56. The zero-order valence-corrected chi connectivity index (χ0v) is 31.9. The van der Waals surface area contributed by atoms with Gasteiger partial charge < -0.3 is 8.83 Å². The predicted molar refractivity (Wildman–Crippen MR) is 222 cm³/mol. The number of rotatable bonds is 6. The first-order valence-electron chi connectivity index (χ1n) is 18.2. The Labute approximate surface area is 311 Å². The highest BCUT2D eigenvalue weighted by molar-refractivity contribution is 7.13. The number of nitrogens with zero attached hydrogens (tertiary/aromatic N) is 2. The highest BCUT2D eigenvalue weighted by Gasteiger charge is 2.44. The number of allylic oxidation sites excluding steroid dienone is 2. The van der Waals surface area contributed by atoms with Gasteiger partial charge in [0.25, 0.3) is 0 Å². The lowest BCUT2D eigenvalue weighted by Crippen LogP contribution is -2.28. The van der Waals surface area contributed by atoms with E-state index in [-0.39, 0.29) is 0 Å². The summed E-state index contributed by atoms with van der Waals surface area (Å²) in [5.74, 6) is 1.27. The Balaban J connectivity index is 1.29. The Morgan fingerprint density at radius 1 is 0.396 bits per heavy atom. The number of benzene rings is 6. The summed E-state index contributed by atoms with van der Waals surface area (Å²) in [7, 11) is -2.48. The molecule has 0 bridgehead atoms. The molecule has 258 valence electrons. The Morgan fingerprint density at radius 3 is 1.21 bits per heavy atom. The molecule has 0 N–H and O–H groups in total. The molecule has 5 heteroatoms. The van der Waals surface area contributed by atoms with E-state index in [9.17, 15) is 0 Å². The zero-order chi connectivity index (χ0) is 36.4. The predicted octanol–water partition coefficient (Wildman–Crippen LogP) is 12.9. The van der Waals surface area contributed by atoms with E-state index in [1.54, 1.807) is 0 Å². The number of aryl methyl sites for hydroxylation is 4. The first-order chi connectivity index (χ1) is 25.6. The van der Waals surface area contributed by atoms with Crippen LogP contribution in [0.4, 0.5) is 0 Å². The molecule has 0 spiro atoms. The van der Waals surface area contributed by atoms with Gasteiger partial charge in [0, 0.05) is 11.1 Å². The lowest BCUT2D eigenvalue weighted by Gasteiger charge is -2.27. The van der Waals surface area contributed by atoms with Gasteiger partial charge in [-0.05, 0) is 131 Å². The number of aromatic nitrogens is 2. The van der Waals surface area contributed by atoms with Crippen LogP contribution < -0.4 is 0 Å². The third-order valence-corrected chi connectivity index (χ3v) is 14.1. The van der Waals surface area contributed by atoms with Crippen molar-refractivity contribution in [2.24, 2.45) is 0 Å². The van der Waals surface area contributed by atoms with Gasteiger partial charge in [0.15, 0.2) is 11.2 Å². The maximum absolute atomic E-state index is 6.34. The van der Waals surface area contributed by atoms with Crippen LogP contribution in [0.2, 0.25) is 13.1 Å². The van der Waals surface area contributed by atoms with E-state index in [1.807, 2.05) is 12.1 Å². The van der Waals surface area contributed by atoms with Crippen LogP contribution in [0.3, 0.4) is 0 Å². The van der Waals surface area contributed by atoms with Crippen molar-refractivity contribution in [1.82, 2.24) is 9.97 Å². The molecule has 6 aromatic carbocycles. The Hall–Kier alpha value is -6.04. The molecule has 4 nitrogen and oxygen atoms in total. The molecule has 0 unspecified atom stereocenters. The van der Waals surface area contributed by atoms with Crippen molar-refractivity contribution in [2.45, 2.75) is 40.8 Å². The normalized spacial score (nSPS) is 14.2. The quantitative estimate of drug-likeness (QED) is 0.162. The zero-order valence-electron chi connectivity index (χ0n) is 30.9. The standard InChI is InChI=1S/C48H40N2O2Si/c1-29-11-7-13-33(23-29)43-44(34-14-8-12-30(2)24-34)46(36-16-10-18-38(28-36)48-50-40-26-32(4)20-22-42(40)52-48)53(5,6)45(43)35-15-9-17-37(27-35)47-49-39-25-31(3)19-21-41(39)51-47/h7-28H,1-6H3. The van der Waals surface area contributed by atoms with E-state index >= 15 is 0 Å². The van der Waals surface area contributed by atoms with E-state index in [1.165, 1.54) is 54.9 Å². The van der Waals surface area contributed by atoms with Crippen LogP contribution in [-0.4, -0.2) is 18.0 Å². The second-order valence-electron chi connectivity index (χ2n) is 15.0. The molecule has 1 aliphatic rings. The Kier molecular flexibility index (Phi) is 7.79. The highest BCUT2D eigenvalue weighted by atomic mass is 28.3. The number of oxazole rings is 2. The summed E-state index contributed by atoms with van der Waals surface area (Å²) in [4.78, 5) is 9.87. The summed E-state index contributed by atoms with van der Waals surface area (Å²) in [6, 6.07) is 47.9. The van der Waals surface area contributed by atoms with Crippen LogP contribution >= 0.6 is 0 Å². The smallest absolute Gasteiger partial charge is 0.227 e. The summed E-state index contributed by atoms with van der Waals surface area (Å²) in [5, 5.41) is 2.79. The summed E-state index contributed by atoms with van der Waals surface area (Å²) in [6.45, 7) is 13.5. The van der Waals surface area contributed by atoms with Gasteiger partial charge in [0.1, 0.15) is 19.1 Å². The third-order valence-electron chi connectivity index (χ3n) is 10.5. The SMILES string of the molecule is Cc1cccc(C2=C(c3cccc(-c4nc5cc(C)ccc5o4)c3)[Si](C)(C)C(c3cccc(-c4nc5cc(C)ccc5o4)c3)=C2c2cccc(C)c2)c1. The summed E-state index contributed by atoms with van der Waals surface area (Å²) < 4.78 is 12.7. The van der Waals surface area contributed by atoms with Crippen molar-refractivity contribution in [1.29, 1.82) is 0 Å². The molecule has 0 amide bonds. The van der Waals surface area contributed by atoms with Gasteiger partial charge in [-0.15, -0.1) is 0 Å². The molecule has 0 aliphatic carbocycles. The van der Waals surface area contributed by atoms with Crippen molar-refractivity contribution in [3.05, 3.63) is 178 Å². The fourth-order valence-corrected chi connectivity index (χ4v) is 11.9. The molecule has 2 aromatic heterocycles. The summed E-state index contributed by atoms with van der Waals surface area (Å²) >= 11 is 0. The fourth-order valence-electron chi connectivity index (χ4n) is 8.13. The van der Waals surface area contributed by atoms with Gasteiger partial charge >= 0.3 is 0 Å². The number of fused-ring (bicyclic) bond motifs is 2. The van der Waals surface area contributed by atoms with Crippen LogP contribution in [0.25, 0.3) is 66.6 Å². The topological polar surface area (TPSA) is 52.1 Å². The van der Waals surface area contributed by atoms with Crippen molar-refractivity contribution >= 4 is 51.8 Å². The maximum Gasteiger partial charge on any atom is 0.227 e. The monoisotopic (exact) mass is 704 g/mol. The van der Waals surface area contributed by atoms with Gasteiger partial charge in [0.05, 0.1) is 0 Å². The summed E-state index contributed by atoms with van der Waals surface area (Å²) in [6.07, 6.45) is 0. The minimum absolute atomic E-state index is 0.635. The Bertz CT molecular complexity index is 2620. The average Bonchev–Trinajstić information content (AvgIpc) is 3.83. The molecule has 8 aromatic rings. The second kappa shape index (κ2) is 12.6. The minimum Gasteiger partial charge on any atom is -0.436 e. The fraction of sp³-hybridized carbons (Fsp3) is 0.125. The third kappa shape index (κ3) is 5.78. The van der Waals surface area contributed by atoms with E-state index in [4.69, 9.17) is 18.8 Å². The van der Waals surface area contributed by atoms with E-state index in [2.05, 4.69) is 162 Å². The van der Waals surface area contributed by atoms with Crippen molar-refractivity contribution in [3.8, 4) is 22.9 Å². The number of hydrogen-bond donors (Lipinski definition) is 0. The van der Waals surface area contributed by atoms with E-state index in [0.717, 1.165) is 44.5 Å². The van der Waals surface area contributed by atoms with Crippen LogP contribution in [0.1, 0.15) is 44.5 Å². The second-order valence-corrected chi connectivity index (χ2v) is 19.3. The lowest BCUT2D eigenvalue weighted by atomic mass is 9.88. The van der Waals surface area contributed by atoms with Gasteiger partial charge in [-0.2, -0.15) is 0 Å². The molecular formula is C48H40N2O2Si. The summed E-state index contributed by atoms with van der Waals surface area (Å²) in [5.41, 5.74) is 17.5. The van der Waals surface area contributed by atoms with Gasteiger partial charge in [-0.25, -0.2) is 9.97 Å². The van der Waals surface area contributed by atoms with Crippen LogP contribution in [-0.2, 0) is 0 Å². The Morgan fingerprint density at radius 2 is 0.774 bits per heavy atom. The minimum atomic E-state index is -2.48. The van der Waals surface area contributed by atoms with Gasteiger partial charge in [-0.3, -0.25) is 0 Å². The largest absolute Gasteiger partial charge is 0.436 e. The molecule has 1 aliphatic heterocycles. The van der Waals surface area contributed by atoms with Crippen molar-refractivity contribution in [3.63, 3.8) is 0 Å². The molecule has 0 atom stereocenters. The van der Waals surface area contributed by atoms with E-state index < -0.39 is 8.07 Å². The van der Waals surface area contributed by atoms with Crippen molar-refractivity contribution < 1.29 is 8.83 Å². The molecule has 0 saturated carbocycles. The number of hydrogen-bond acceptors (Lipinski definition) is 4. The van der Waals surface area contributed by atoms with Crippen LogP contribution in [0.5, 0.6) is 0 Å². The van der Waals surface area contributed by atoms with Gasteiger partial charge in [0.2, 0.25) is 11.8 Å². The molecule has 53 heavy (non-hydrogen) atoms. The molecule has 0 radical (unpaired) electrons. The first kappa shape index (κ1) is 32.8. The molecule has 3 heterocycles. The molecule has 9 rings (SSSR count). The molecular weight excluding hydrogens is 665 g/mol. The molecule has 0 fully saturated rings. The molecule has 0 saturated heterocycles. The van der Waals surface area contributed by atoms with E-state index in [0.29, 0.717) is 11.8 Å². The van der Waals surface area contributed by atoms with Crippen LogP contribution in [0.15, 0.2) is 142 Å². The lowest BCUT2D eigenvalue weighted by molar-refractivity contribution is 0.619. The van der Waals surface area contributed by atoms with Crippen LogP contribution in [0, 0.1) is 27.7 Å². The van der Waals surface area contributed by atoms with Crippen molar-refractivity contribution in [2.75, 3.05) is 0 Å².